The van der Waals surface area contributed by atoms with Crippen LogP contribution in [0.1, 0.15) is 23.0 Å². The SMILES string of the molecule is COc1cc(Cl)ccc1C(O)c1cc2cc(C)ccc2o1. The highest BCUT2D eigenvalue weighted by molar-refractivity contribution is 6.30. The van der Waals surface area contributed by atoms with Crippen LogP contribution in [0.3, 0.4) is 0 Å². The van der Waals surface area contributed by atoms with Gasteiger partial charge in [-0.2, -0.15) is 0 Å². The molecule has 0 amide bonds. The first-order valence-electron chi connectivity index (χ1n) is 6.60. The highest BCUT2D eigenvalue weighted by atomic mass is 35.5. The lowest BCUT2D eigenvalue weighted by molar-refractivity contribution is 0.188. The van der Waals surface area contributed by atoms with E-state index in [0.29, 0.717) is 22.1 Å². The summed E-state index contributed by atoms with van der Waals surface area (Å²) in [6, 6.07) is 12.9. The summed E-state index contributed by atoms with van der Waals surface area (Å²) in [7, 11) is 1.55. The van der Waals surface area contributed by atoms with E-state index in [1.165, 1.54) is 0 Å². The predicted molar refractivity (Wildman–Crippen MR) is 83.0 cm³/mol. The molecule has 3 aromatic rings. The highest BCUT2D eigenvalue weighted by Crippen LogP contribution is 2.34. The summed E-state index contributed by atoms with van der Waals surface area (Å²) in [5.74, 6) is 1.02. The molecule has 0 spiro atoms. The Kier molecular flexibility index (Phi) is 3.62. The molecule has 108 valence electrons. The molecule has 3 nitrogen and oxygen atoms in total. The van der Waals surface area contributed by atoms with Gasteiger partial charge < -0.3 is 14.3 Å². The number of methoxy groups -OCH3 is 1. The molecule has 2 aromatic carbocycles. The summed E-state index contributed by atoms with van der Waals surface area (Å²) in [4.78, 5) is 0. The number of halogens is 1. The zero-order valence-corrected chi connectivity index (χ0v) is 12.5. The van der Waals surface area contributed by atoms with Gasteiger partial charge in [0.15, 0.2) is 0 Å². The Bertz CT molecular complexity index is 792. The highest BCUT2D eigenvalue weighted by Gasteiger charge is 2.19. The Hall–Kier alpha value is -1.97. The fraction of sp³-hybridized carbons (Fsp3) is 0.176. The summed E-state index contributed by atoms with van der Waals surface area (Å²) in [6.45, 7) is 2.02. The third kappa shape index (κ3) is 2.62. The van der Waals surface area contributed by atoms with Gasteiger partial charge >= 0.3 is 0 Å². The Morgan fingerprint density at radius 3 is 2.71 bits per heavy atom. The lowest BCUT2D eigenvalue weighted by atomic mass is 10.1. The van der Waals surface area contributed by atoms with Gasteiger partial charge in [0.05, 0.1) is 7.11 Å². The number of aliphatic hydroxyl groups excluding tert-OH is 1. The van der Waals surface area contributed by atoms with Gasteiger partial charge in [-0.05, 0) is 37.3 Å². The topological polar surface area (TPSA) is 42.6 Å². The molecule has 1 heterocycles. The quantitative estimate of drug-likeness (QED) is 0.775. The van der Waals surface area contributed by atoms with E-state index >= 15 is 0 Å². The van der Waals surface area contributed by atoms with E-state index < -0.39 is 6.10 Å². The second kappa shape index (κ2) is 5.43. The van der Waals surface area contributed by atoms with Crippen molar-refractivity contribution in [2.24, 2.45) is 0 Å². The van der Waals surface area contributed by atoms with E-state index in [0.717, 1.165) is 16.5 Å². The molecule has 0 bridgehead atoms. The van der Waals surface area contributed by atoms with Crippen LogP contribution >= 0.6 is 11.6 Å². The third-order valence-corrected chi connectivity index (χ3v) is 3.69. The second-order valence-electron chi connectivity index (χ2n) is 4.98. The fourth-order valence-electron chi connectivity index (χ4n) is 2.38. The van der Waals surface area contributed by atoms with Gasteiger partial charge in [0, 0.05) is 16.0 Å². The van der Waals surface area contributed by atoms with E-state index in [1.54, 1.807) is 25.3 Å². The van der Waals surface area contributed by atoms with Crippen molar-refractivity contribution in [3.05, 3.63) is 64.4 Å². The van der Waals surface area contributed by atoms with Crippen LogP contribution in [0.5, 0.6) is 5.75 Å². The maximum absolute atomic E-state index is 10.5. The van der Waals surface area contributed by atoms with Crippen LogP contribution in [-0.2, 0) is 0 Å². The minimum Gasteiger partial charge on any atom is -0.496 e. The number of ether oxygens (including phenoxy) is 1. The van der Waals surface area contributed by atoms with Gasteiger partial charge in [-0.25, -0.2) is 0 Å². The average Bonchev–Trinajstić information content (AvgIpc) is 2.89. The molecule has 0 radical (unpaired) electrons. The van der Waals surface area contributed by atoms with Crippen molar-refractivity contribution in [2.75, 3.05) is 7.11 Å². The third-order valence-electron chi connectivity index (χ3n) is 3.45. The van der Waals surface area contributed by atoms with E-state index in [9.17, 15) is 5.11 Å². The normalized spacial score (nSPS) is 12.6. The smallest absolute Gasteiger partial charge is 0.140 e. The van der Waals surface area contributed by atoms with Gasteiger partial charge in [-0.1, -0.05) is 29.3 Å². The minimum atomic E-state index is -0.898. The Morgan fingerprint density at radius 2 is 1.95 bits per heavy atom. The molecule has 0 aliphatic carbocycles. The van der Waals surface area contributed by atoms with Gasteiger partial charge in [-0.15, -0.1) is 0 Å². The number of furan rings is 1. The number of aliphatic hydroxyl groups is 1. The first-order chi connectivity index (χ1) is 10.1. The van der Waals surface area contributed by atoms with Crippen molar-refractivity contribution in [1.29, 1.82) is 0 Å². The van der Waals surface area contributed by atoms with Gasteiger partial charge in [0.2, 0.25) is 0 Å². The molecular formula is C17H15ClO3. The first-order valence-corrected chi connectivity index (χ1v) is 6.98. The zero-order valence-electron chi connectivity index (χ0n) is 11.8. The number of hydrogen-bond acceptors (Lipinski definition) is 3. The van der Waals surface area contributed by atoms with Crippen molar-refractivity contribution >= 4 is 22.6 Å². The Labute approximate surface area is 127 Å². The number of benzene rings is 2. The molecule has 0 saturated carbocycles. The van der Waals surface area contributed by atoms with Crippen LogP contribution in [0.15, 0.2) is 46.9 Å². The fourth-order valence-corrected chi connectivity index (χ4v) is 2.54. The van der Waals surface area contributed by atoms with E-state index in [-0.39, 0.29) is 0 Å². The maximum atomic E-state index is 10.5. The number of aryl methyl sites for hydroxylation is 1. The van der Waals surface area contributed by atoms with Crippen LogP contribution in [0.4, 0.5) is 0 Å². The predicted octanol–water partition coefficient (Wildman–Crippen LogP) is 4.48. The van der Waals surface area contributed by atoms with Crippen LogP contribution in [0, 0.1) is 6.92 Å². The zero-order chi connectivity index (χ0) is 15.0. The van der Waals surface area contributed by atoms with Gasteiger partial charge in [-0.3, -0.25) is 0 Å². The molecule has 21 heavy (non-hydrogen) atoms. The van der Waals surface area contributed by atoms with Crippen molar-refractivity contribution in [3.8, 4) is 5.75 Å². The molecule has 1 atom stereocenters. The van der Waals surface area contributed by atoms with Crippen LogP contribution in [0.2, 0.25) is 5.02 Å². The lowest BCUT2D eigenvalue weighted by Crippen LogP contribution is -2.01. The molecule has 0 aliphatic heterocycles. The molecule has 1 aromatic heterocycles. The first kappa shape index (κ1) is 14.0. The van der Waals surface area contributed by atoms with Crippen molar-refractivity contribution in [2.45, 2.75) is 13.0 Å². The monoisotopic (exact) mass is 302 g/mol. The van der Waals surface area contributed by atoms with E-state index in [1.807, 2.05) is 31.2 Å². The van der Waals surface area contributed by atoms with Crippen LogP contribution in [0.25, 0.3) is 11.0 Å². The van der Waals surface area contributed by atoms with Crippen molar-refractivity contribution in [1.82, 2.24) is 0 Å². The van der Waals surface area contributed by atoms with E-state index in [2.05, 4.69) is 0 Å². The largest absolute Gasteiger partial charge is 0.496 e. The second-order valence-corrected chi connectivity index (χ2v) is 5.42. The summed E-state index contributed by atoms with van der Waals surface area (Å²) in [6.07, 6.45) is -0.898. The van der Waals surface area contributed by atoms with E-state index in [4.69, 9.17) is 20.8 Å². The molecule has 3 rings (SSSR count). The summed E-state index contributed by atoms with van der Waals surface area (Å²) >= 11 is 5.94. The summed E-state index contributed by atoms with van der Waals surface area (Å²) in [5, 5.41) is 12.1. The molecular weight excluding hydrogens is 288 g/mol. The summed E-state index contributed by atoms with van der Waals surface area (Å²) < 4.78 is 11.0. The molecule has 4 heteroatoms. The minimum absolute atomic E-state index is 0.483. The number of fused-ring (bicyclic) bond motifs is 1. The number of hydrogen-bond donors (Lipinski definition) is 1. The number of rotatable bonds is 3. The Balaban J connectivity index is 2.05. The van der Waals surface area contributed by atoms with Crippen molar-refractivity contribution < 1.29 is 14.3 Å². The molecule has 0 aliphatic rings. The van der Waals surface area contributed by atoms with Crippen LogP contribution < -0.4 is 4.74 Å². The van der Waals surface area contributed by atoms with Gasteiger partial charge in [0.1, 0.15) is 23.2 Å². The van der Waals surface area contributed by atoms with Crippen LogP contribution in [-0.4, -0.2) is 12.2 Å². The average molecular weight is 303 g/mol. The van der Waals surface area contributed by atoms with Crippen molar-refractivity contribution in [3.63, 3.8) is 0 Å². The molecule has 0 fully saturated rings. The molecule has 0 saturated heterocycles. The Morgan fingerprint density at radius 1 is 1.14 bits per heavy atom. The molecule has 1 unspecified atom stereocenters. The lowest BCUT2D eigenvalue weighted by Gasteiger charge is -2.13. The van der Waals surface area contributed by atoms with Gasteiger partial charge in [0.25, 0.3) is 0 Å². The maximum Gasteiger partial charge on any atom is 0.140 e. The standard InChI is InChI=1S/C17H15ClO3/c1-10-3-6-14-11(7-10)8-16(21-14)17(19)13-5-4-12(18)9-15(13)20-2/h3-9,17,19H,1-2H3. The molecule has 1 N–H and O–H groups in total. The summed E-state index contributed by atoms with van der Waals surface area (Å²) in [5.41, 5.74) is 2.52.